The molecule has 0 aliphatic carbocycles. The Morgan fingerprint density at radius 1 is 1.17 bits per heavy atom. The fourth-order valence-corrected chi connectivity index (χ4v) is 3.08. The van der Waals surface area contributed by atoms with Crippen molar-refractivity contribution in [3.8, 4) is 5.69 Å². The molecule has 0 aliphatic rings. The summed E-state index contributed by atoms with van der Waals surface area (Å²) in [5.74, 6) is -0.837. The van der Waals surface area contributed by atoms with Crippen LogP contribution in [0.2, 0.25) is 5.02 Å². The van der Waals surface area contributed by atoms with Crippen LogP contribution in [-0.4, -0.2) is 35.3 Å². The number of carbonyl (C=O) groups is 1. The standard InChI is InChI=1S/C21H20ClF3N4O/c1-14(28(2)16-6-4-3-5-7-16)12-26-20(30)18-13-27-29(19(18)21(23,24)25)17-10-8-15(22)9-11-17/h3-11,13-14H,12H2,1-2H3,(H,26,30). The van der Waals surface area contributed by atoms with Crippen LogP contribution in [-0.2, 0) is 6.18 Å². The summed E-state index contributed by atoms with van der Waals surface area (Å²) in [5, 5.41) is 6.76. The molecular formula is C21H20ClF3N4O. The van der Waals surface area contributed by atoms with Crippen LogP contribution >= 0.6 is 11.6 Å². The molecule has 3 rings (SSSR count). The molecule has 0 saturated carbocycles. The lowest BCUT2D eigenvalue weighted by Crippen LogP contribution is -2.40. The number of rotatable bonds is 6. The second-order valence-electron chi connectivity index (χ2n) is 6.80. The van der Waals surface area contributed by atoms with Gasteiger partial charge in [0.25, 0.3) is 5.91 Å². The van der Waals surface area contributed by atoms with Crippen LogP contribution in [0.1, 0.15) is 23.0 Å². The molecule has 1 atom stereocenters. The molecule has 1 amide bonds. The summed E-state index contributed by atoms with van der Waals surface area (Å²) >= 11 is 5.81. The molecule has 9 heteroatoms. The fourth-order valence-electron chi connectivity index (χ4n) is 2.96. The third-order valence-corrected chi connectivity index (χ3v) is 4.99. The molecule has 3 aromatic rings. The van der Waals surface area contributed by atoms with Crippen LogP contribution in [0.15, 0.2) is 60.8 Å². The monoisotopic (exact) mass is 436 g/mol. The van der Waals surface area contributed by atoms with Crippen LogP contribution < -0.4 is 10.2 Å². The van der Waals surface area contributed by atoms with E-state index in [0.717, 1.165) is 11.9 Å². The van der Waals surface area contributed by atoms with Gasteiger partial charge in [0.2, 0.25) is 0 Å². The lowest BCUT2D eigenvalue weighted by Gasteiger charge is -2.27. The van der Waals surface area contributed by atoms with Crippen molar-refractivity contribution < 1.29 is 18.0 Å². The number of carbonyl (C=O) groups excluding carboxylic acids is 1. The summed E-state index contributed by atoms with van der Waals surface area (Å²) in [6, 6.07) is 15.1. The van der Waals surface area contributed by atoms with E-state index in [1.54, 1.807) is 0 Å². The van der Waals surface area contributed by atoms with Gasteiger partial charge >= 0.3 is 6.18 Å². The molecular weight excluding hydrogens is 417 g/mol. The van der Waals surface area contributed by atoms with Crippen LogP contribution in [0, 0.1) is 0 Å². The minimum absolute atomic E-state index is 0.142. The van der Waals surface area contributed by atoms with Gasteiger partial charge in [-0.2, -0.15) is 18.3 Å². The molecule has 1 aromatic heterocycles. The number of para-hydroxylation sites is 1. The van der Waals surface area contributed by atoms with E-state index < -0.39 is 23.3 Å². The normalized spacial score (nSPS) is 12.5. The summed E-state index contributed by atoms with van der Waals surface area (Å²) in [6.07, 6.45) is -3.84. The number of amides is 1. The summed E-state index contributed by atoms with van der Waals surface area (Å²) in [6.45, 7) is 2.03. The molecule has 0 spiro atoms. The number of hydrogen-bond acceptors (Lipinski definition) is 3. The van der Waals surface area contributed by atoms with Gasteiger partial charge in [-0.3, -0.25) is 4.79 Å². The lowest BCUT2D eigenvalue weighted by atomic mass is 10.2. The van der Waals surface area contributed by atoms with E-state index in [9.17, 15) is 18.0 Å². The number of nitrogens with one attached hydrogen (secondary N) is 1. The molecule has 2 aromatic carbocycles. The average Bonchev–Trinajstić information content (AvgIpc) is 3.18. The van der Waals surface area contributed by atoms with E-state index >= 15 is 0 Å². The topological polar surface area (TPSA) is 50.2 Å². The molecule has 158 valence electrons. The third-order valence-electron chi connectivity index (χ3n) is 4.74. The first kappa shape index (κ1) is 21.7. The summed E-state index contributed by atoms with van der Waals surface area (Å²) in [4.78, 5) is 14.5. The van der Waals surface area contributed by atoms with Crippen molar-refractivity contribution in [2.75, 3.05) is 18.5 Å². The summed E-state index contributed by atoms with van der Waals surface area (Å²) in [7, 11) is 1.85. The number of hydrogen-bond donors (Lipinski definition) is 1. The molecule has 0 bridgehead atoms. The van der Waals surface area contributed by atoms with Gasteiger partial charge in [-0.05, 0) is 43.3 Å². The zero-order chi connectivity index (χ0) is 21.9. The Kier molecular flexibility index (Phi) is 6.36. The van der Waals surface area contributed by atoms with Gasteiger partial charge in [-0.25, -0.2) is 4.68 Å². The molecule has 0 saturated heterocycles. The lowest BCUT2D eigenvalue weighted by molar-refractivity contribution is -0.143. The Hall–Kier alpha value is -3.00. The van der Waals surface area contributed by atoms with Crippen LogP contribution in [0.25, 0.3) is 5.69 Å². The molecule has 5 nitrogen and oxygen atoms in total. The second kappa shape index (κ2) is 8.79. The van der Waals surface area contributed by atoms with Gasteiger partial charge in [-0.15, -0.1) is 0 Å². The maximum absolute atomic E-state index is 13.7. The molecule has 30 heavy (non-hydrogen) atoms. The Balaban J connectivity index is 1.80. The van der Waals surface area contributed by atoms with Gasteiger partial charge in [0.15, 0.2) is 5.69 Å². The van der Waals surface area contributed by atoms with Gasteiger partial charge in [0.05, 0.1) is 17.4 Å². The highest BCUT2D eigenvalue weighted by Gasteiger charge is 2.40. The SMILES string of the molecule is CC(CNC(=O)c1cnn(-c2ccc(Cl)cc2)c1C(F)(F)F)N(C)c1ccccc1. The van der Waals surface area contributed by atoms with Crippen LogP contribution in [0.4, 0.5) is 18.9 Å². The second-order valence-corrected chi connectivity index (χ2v) is 7.23. The Morgan fingerprint density at radius 3 is 2.40 bits per heavy atom. The highest BCUT2D eigenvalue weighted by Crippen LogP contribution is 2.33. The van der Waals surface area contributed by atoms with E-state index in [2.05, 4.69) is 10.4 Å². The molecule has 0 radical (unpaired) electrons. The zero-order valence-electron chi connectivity index (χ0n) is 16.3. The first-order chi connectivity index (χ1) is 14.2. The number of likely N-dealkylation sites (N-methyl/N-ethyl adjacent to an activating group) is 1. The highest BCUT2D eigenvalue weighted by atomic mass is 35.5. The fraction of sp³-hybridized carbons (Fsp3) is 0.238. The van der Waals surface area contributed by atoms with Crippen molar-refractivity contribution >= 4 is 23.2 Å². The third kappa shape index (κ3) is 4.76. The Bertz CT molecular complexity index is 1000. The highest BCUT2D eigenvalue weighted by molar-refractivity contribution is 6.30. The van der Waals surface area contributed by atoms with E-state index in [0.29, 0.717) is 9.70 Å². The molecule has 1 N–H and O–H groups in total. The van der Waals surface area contributed by atoms with Crippen molar-refractivity contribution in [1.82, 2.24) is 15.1 Å². The van der Waals surface area contributed by atoms with Crippen molar-refractivity contribution in [3.05, 3.63) is 77.1 Å². The maximum atomic E-state index is 13.7. The minimum atomic E-state index is -4.77. The number of alkyl halides is 3. The Labute approximate surface area is 177 Å². The minimum Gasteiger partial charge on any atom is -0.370 e. The van der Waals surface area contributed by atoms with Crippen molar-refractivity contribution in [2.45, 2.75) is 19.1 Å². The van der Waals surface area contributed by atoms with Gasteiger partial charge in [-0.1, -0.05) is 29.8 Å². The summed E-state index contributed by atoms with van der Waals surface area (Å²) in [5.41, 5.74) is -0.577. The van der Waals surface area contributed by atoms with Crippen LogP contribution in [0.5, 0.6) is 0 Å². The predicted molar refractivity (Wildman–Crippen MR) is 110 cm³/mol. The van der Waals surface area contributed by atoms with Crippen LogP contribution in [0.3, 0.4) is 0 Å². The molecule has 0 fully saturated rings. The smallest absolute Gasteiger partial charge is 0.370 e. The first-order valence-electron chi connectivity index (χ1n) is 9.15. The van der Waals surface area contributed by atoms with Gasteiger partial charge in [0, 0.05) is 30.3 Å². The van der Waals surface area contributed by atoms with Crippen molar-refractivity contribution in [1.29, 1.82) is 0 Å². The van der Waals surface area contributed by atoms with E-state index in [1.165, 1.54) is 24.3 Å². The first-order valence-corrected chi connectivity index (χ1v) is 9.53. The largest absolute Gasteiger partial charge is 0.434 e. The summed E-state index contributed by atoms with van der Waals surface area (Å²) < 4.78 is 41.9. The van der Waals surface area contributed by atoms with E-state index in [4.69, 9.17) is 11.6 Å². The van der Waals surface area contributed by atoms with Gasteiger partial charge < -0.3 is 10.2 Å². The van der Waals surface area contributed by atoms with E-state index in [1.807, 2.05) is 49.2 Å². The van der Waals surface area contributed by atoms with E-state index in [-0.39, 0.29) is 18.3 Å². The number of halogens is 4. The maximum Gasteiger partial charge on any atom is 0.434 e. The number of nitrogens with zero attached hydrogens (tertiary/aromatic N) is 3. The average molecular weight is 437 g/mol. The van der Waals surface area contributed by atoms with Gasteiger partial charge in [0.1, 0.15) is 0 Å². The van der Waals surface area contributed by atoms with Crippen molar-refractivity contribution in [3.63, 3.8) is 0 Å². The number of anilines is 1. The molecule has 1 unspecified atom stereocenters. The number of benzene rings is 2. The molecule has 1 heterocycles. The molecule has 0 aliphatic heterocycles. The Morgan fingerprint density at radius 2 is 1.80 bits per heavy atom. The predicted octanol–water partition coefficient (Wildman–Crippen LogP) is 4.80. The quantitative estimate of drug-likeness (QED) is 0.604. The number of aromatic nitrogens is 2. The van der Waals surface area contributed by atoms with Crippen molar-refractivity contribution in [2.24, 2.45) is 0 Å². The zero-order valence-corrected chi connectivity index (χ0v) is 17.1.